The number of carbonyl (C=O) groups is 1. The van der Waals surface area contributed by atoms with Gasteiger partial charge in [-0.05, 0) is 30.4 Å². The normalized spacial score (nSPS) is 10.9. The van der Waals surface area contributed by atoms with Crippen molar-refractivity contribution in [1.29, 1.82) is 0 Å². The predicted molar refractivity (Wildman–Crippen MR) is 93.6 cm³/mol. The van der Waals surface area contributed by atoms with Crippen molar-refractivity contribution in [3.63, 3.8) is 0 Å². The molecular weight excluding hydrogens is 326 g/mol. The Hall–Kier alpha value is -2.54. The van der Waals surface area contributed by atoms with Crippen molar-refractivity contribution in [2.24, 2.45) is 0 Å². The molecule has 3 rings (SSSR count). The highest BCUT2D eigenvalue weighted by molar-refractivity contribution is 7.99. The van der Waals surface area contributed by atoms with Crippen molar-refractivity contribution in [2.75, 3.05) is 12.4 Å². The zero-order chi connectivity index (χ0) is 17.1. The number of H-pyrrole nitrogens is 1. The Morgan fingerprint density at radius 3 is 2.71 bits per heavy atom. The fourth-order valence-corrected chi connectivity index (χ4v) is 3.06. The van der Waals surface area contributed by atoms with E-state index in [1.165, 1.54) is 17.2 Å². The van der Waals surface area contributed by atoms with Crippen LogP contribution in [-0.2, 0) is 4.74 Å². The van der Waals surface area contributed by atoms with Crippen LogP contribution in [0.3, 0.4) is 0 Å². The fourth-order valence-electron chi connectivity index (χ4n) is 2.40. The van der Waals surface area contributed by atoms with E-state index >= 15 is 0 Å². The molecule has 3 aromatic rings. The number of hydrogen-bond acceptors (Lipinski definition) is 5. The summed E-state index contributed by atoms with van der Waals surface area (Å²) in [4.78, 5) is 28.5. The van der Waals surface area contributed by atoms with Crippen LogP contribution in [0.1, 0.15) is 24.2 Å². The lowest BCUT2D eigenvalue weighted by Gasteiger charge is -2.05. The van der Waals surface area contributed by atoms with Crippen LogP contribution < -0.4 is 5.56 Å². The lowest BCUT2D eigenvalue weighted by Crippen LogP contribution is -2.15. The topological polar surface area (TPSA) is 76.5 Å². The van der Waals surface area contributed by atoms with Gasteiger partial charge in [0, 0.05) is 11.0 Å². The van der Waals surface area contributed by atoms with Gasteiger partial charge in [0.1, 0.15) is 5.56 Å². The Labute approximate surface area is 142 Å². The summed E-state index contributed by atoms with van der Waals surface area (Å²) in [5.41, 5.74) is 1.77. The second kappa shape index (κ2) is 6.92. The van der Waals surface area contributed by atoms with Gasteiger partial charge in [0.05, 0.1) is 18.5 Å². The Morgan fingerprint density at radius 2 is 2.04 bits per heavy atom. The molecule has 1 N–H and O–H groups in total. The number of ether oxygens (including phenoxy) is 1. The number of thioether (sulfide) groups is 1. The number of aromatic nitrogens is 3. The fraction of sp³-hybridized carbons (Fsp3) is 0.235. The van der Waals surface area contributed by atoms with Crippen molar-refractivity contribution in [1.82, 2.24) is 14.6 Å². The smallest absolute Gasteiger partial charge is 0.343 e. The van der Waals surface area contributed by atoms with E-state index in [-0.39, 0.29) is 17.7 Å². The van der Waals surface area contributed by atoms with Crippen molar-refractivity contribution in [2.45, 2.75) is 18.7 Å². The molecule has 0 saturated heterocycles. The highest BCUT2D eigenvalue weighted by Gasteiger charge is 2.16. The summed E-state index contributed by atoms with van der Waals surface area (Å²) in [5, 5.41) is 3.96. The Bertz CT molecular complexity index is 928. The number of carbonyl (C=O) groups excluding carboxylic acids is 1. The molecule has 24 heavy (non-hydrogen) atoms. The van der Waals surface area contributed by atoms with Gasteiger partial charge in [-0.1, -0.05) is 19.1 Å². The third-order valence-electron chi connectivity index (χ3n) is 3.47. The van der Waals surface area contributed by atoms with Crippen LogP contribution in [0.4, 0.5) is 0 Å². The quantitative estimate of drug-likeness (QED) is 0.569. The van der Waals surface area contributed by atoms with Crippen LogP contribution in [0.5, 0.6) is 0 Å². The standard InChI is InChI=1S/C17H17N3O3S/c1-3-23-17(22)13-10-18-20-15(21)9-14(19-16(13)20)11-5-7-12(8-6-11)24-4-2/h5-10,19H,3-4H2,1-2H3. The van der Waals surface area contributed by atoms with Gasteiger partial charge >= 0.3 is 5.97 Å². The molecular formula is C17H17N3O3S. The molecule has 6 nitrogen and oxygen atoms in total. The number of nitrogens with one attached hydrogen (secondary N) is 1. The number of aromatic amines is 1. The maximum Gasteiger partial charge on any atom is 0.343 e. The average molecular weight is 343 g/mol. The number of hydrogen-bond donors (Lipinski definition) is 1. The summed E-state index contributed by atoms with van der Waals surface area (Å²) in [6, 6.07) is 9.38. The SMILES string of the molecule is CCOC(=O)c1cnn2c(=O)cc(-c3ccc(SCC)cc3)[nH]c12. The van der Waals surface area contributed by atoms with E-state index in [1.807, 2.05) is 24.3 Å². The number of fused-ring (bicyclic) bond motifs is 1. The molecule has 0 aliphatic rings. The largest absolute Gasteiger partial charge is 0.462 e. The van der Waals surface area contributed by atoms with Crippen LogP contribution in [-0.4, -0.2) is 32.9 Å². The molecule has 0 atom stereocenters. The second-order valence-corrected chi connectivity index (χ2v) is 6.36. The van der Waals surface area contributed by atoms with Crippen LogP contribution in [0.2, 0.25) is 0 Å². The minimum atomic E-state index is -0.505. The third-order valence-corrected chi connectivity index (χ3v) is 4.36. The third kappa shape index (κ3) is 3.07. The van der Waals surface area contributed by atoms with Crippen molar-refractivity contribution < 1.29 is 9.53 Å². The van der Waals surface area contributed by atoms with E-state index in [9.17, 15) is 9.59 Å². The van der Waals surface area contributed by atoms with E-state index in [0.717, 1.165) is 15.8 Å². The minimum absolute atomic E-state index is 0.244. The molecule has 2 aromatic heterocycles. The van der Waals surface area contributed by atoms with E-state index in [1.54, 1.807) is 18.7 Å². The predicted octanol–water partition coefficient (Wildman–Crippen LogP) is 2.98. The second-order valence-electron chi connectivity index (χ2n) is 5.02. The Morgan fingerprint density at radius 1 is 1.29 bits per heavy atom. The van der Waals surface area contributed by atoms with Gasteiger partial charge in [0.15, 0.2) is 5.65 Å². The summed E-state index contributed by atoms with van der Waals surface area (Å²) in [5.74, 6) is 0.496. The molecule has 0 saturated carbocycles. The highest BCUT2D eigenvalue weighted by Crippen LogP contribution is 2.23. The zero-order valence-corrected chi connectivity index (χ0v) is 14.2. The van der Waals surface area contributed by atoms with Gasteiger partial charge in [-0.25, -0.2) is 4.79 Å². The molecule has 0 aliphatic carbocycles. The summed E-state index contributed by atoms with van der Waals surface area (Å²) in [6.07, 6.45) is 1.34. The van der Waals surface area contributed by atoms with Gasteiger partial charge in [0.2, 0.25) is 0 Å². The number of benzene rings is 1. The average Bonchev–Trinajstić information content (AvgIpc) is 3.01. The molecule has 0 bridgehead atoms. The van der Waals surface area contributed by atoms with Crippen LogP contribution >= 0.6 is 11.8 Å². The van der Waals surface area contributed by atoms with Crippen LogP contribution in [0, 0.1) is 0 Å². The lowest BCUT2D eigenvalue weighted by atomic mass is 10.1. The molecule has 0 unspecified atom stereocenters. The molecule has 0 radical (unpaired) electrons. The number of esters is 1. The summed E-state index contributed by atoms with van der Waals surface area (Å²) >= 11 is 1.75. The molecule has 124 valence electrons. The van der Waals surface area contributed by atoms with Gasteiger partial charge in [0.25, 0.3) is 5.56 Å². The maximum absolute atomic E-state index is 12.3. The molecule has 0 fully saturated rings. The molecule has 0 amide bonds. The molecule has 0 aliphatic heterocycles. The van der Waals surface area contributed by atoms with E-state index in [4.69, 9.17) is 4.74 Å². The monoisotopic (exact) mass is 343 g/mol. The number of rotatable bonds is 5. The molecule has 1 aromatic carbocycles. The van der Waals surface area contributed by atoms with Gasteiger partial charge < -0.3 is 9.72 Å². The molecule has 0 spiro atoms. The van der Waals surface area contributed by atoms with E-state index < -0.39 is 5.97 Å². The summed E-state index contributed by atoms with van der Waals surface area (Å²) in [6.45, 7) is 4.09. The molecule has 7 heteroatoms. The summed E-state index contributed by atoms with van der Waals surface area (Å²) in [7, 11) is 0. The van der Waals surface area contributed by atoms with Crippen molar-refractivity contribution in [3.8, 4) is 11.3 Å². The number of nitrogens with zero attached hydrogens (tertiary/aromatic N) is 2. The summed E-state index contributed by atoms with van der Waals surface area (Å²) < 4.78 is 6.17. The maximum atomic E-state index is 12.3. The first-order chi connectivity index (χ1) is 11.6. The van der Waals surface area contributed by atoms with Gasteiger partial charge in [-0.2, -0.15) is 9.61 Å². The van der Waals surface area contributed by atoms with E-state index in [0.29, 0.717) is 11.3 Å². The lowest BCUT2D eigenvalue weighted by molar-refractivity contribution is 0.0528. The Kier molecular flexibility index (Phi) is 4.71. The van der Waals surface area contributed by atoms with Crippen molar-refractivity contribution in [3.05, 3.63) is 52.4 Å². The first-order valence-corrected chi connectivity index (χ1v) is 8.64. The first kappa shape index (κ1) is 16.3. The van der Waals surface area contributed by atoms with E-state index in [2.05, 4.69) is 17.0 Å². The molecule has 2 heterocycles. The first-order valence-electron chi connectivity index (χ1n) is 7.65. The van der Waals surface area contributed by atoms with Crippen molar-refractivity contribution >= 4 is 23.4 Å². The zero-order valence-electron chi connectivity index (χ0n) is 13.4. The highest BCUT2D eigenvalue weighted by atomic mass is 32.2. The van der Waals surface area contributed by atoms with Crippen LogP contribution in [0.15, 0.2) is 46.2 Å². The van der Waals surface area contributed by atoms with Crippen LogP contribution in [0.25, 0.3) is 16.9 Å². The Balaban J connectivity index is 2.07. The van der Waals surface area contributed by atoms with Gasteiger partial charge in [-0.3, -0.25) is 4.79 Å². The van der Waals surface area contributed by atoms with Gasteiger partial charge in [-0.15, -0.1) is 11.8 Å². The minimum Gasteiger partial charge on any atom is -0.462 e.